The molecule has 0 aromatic heterocycles. The number of benzene rings is 2. The Kier molecular flexibility index (Phi) is 5.73. The second-order valence-corrected chi connectivity index (χ2v) is 6.02. The first kappa shape index (κ1) is 17.8. The van der Waals surface area contributed by atoms with Gasteiger partial charge in [0.2, 0.25) is 0 Å². The number of nitrogens with zero attached hydrogens (tertiary/aromatic N) is 3. The molecule has 1 amide bonds. The highest BCUT2D eigenvalue weighted by atomic mass is 16.6. The van der Waals surface area contributed by atoms with E-state index in [1.807, 2.05) is 41.3 Å². The molecule has 1 aliphatic heterocycles. The molecular formula is C20H23N3O3. The lowest BCUT2D eigenvalue weighted by atomic mass is 10.1. The van der Waals surface area contributed by atoms with Gasteiger partial charge >= 0.3 is 0 Å². The molecule has 0 N–H and O–H groups in total. The van der Waals surface area contributed by atoms with Crippen LogP contribution in [0.25, 0.3) is 0 Å². The number of piperazine rings is 1. The first-order valence-electron chi connectivity index (χ1n) is 8.56. The lowest BCUT2D eigenvalue weighted by Crippen LogP contribution is -2.48. The van der Waals surface area contributed by atoms with Gasteiger partial charge in [0.15, 0.2) is 0 Å². The maximum Gasteiger partial charge on any atom is 0.253 e. The largest absolute Gasteiger partial charge is 0.497 e. The lowest BCUT2D eigenvalue weighted by Gasteiger charge is -2.36. The summed E-state index contributed by atoms with van der Waals surface area (Å²) in [6, 6.07) is 15.4. The smallest absolute Gasteiger partial charge is 0.253 e. The number of hydrogen-bond donors (Lipinski definition) is 0. The summed E-state index contributed by atoms with van der Waals surface area (Å²) in [5.41, 5.74) is 2.74. The molecule has 1 heterocycles. The van der Waals surface area contributed by atoms with Gasteiger partial charge in [0, 0.05) is 37.4 Å². The number of amides is 1. The maximum atomic E-state index is 12.7. The van der Waals surface area contributed by atoms with Gasteiger partial charge in [-0.1, -0.05) is 17.3 Å². The molecule has 0 saturated carbocycles. The van der Waals surface area contributed by atoms with Crippen molar-refractivity contribution in [2.24, 2.45) is 5.16 Å². The molecule has 0 aliphatic carbocycles. The van der Waals surface area contributed by atoms with E-state index in [1.54, 1.807) is 13.3 Å². The summed E-state index contributed by atoms with van der Waals surface area (Å²) in [4.78, 5) is 21.5. The SMILES string of the molecule is CO/N=C/c1ccc(C(=O)N2CCN(c3ccc(OC)cc3)CC2)cc1. The second-order valence-electron chi connectivity index (χ2n) is 6.02. The van der Waals surface area contributed by atoms with Crippen LogP contribution in [0.5, 0.6) is 5.75 Å². The third kappa shape index (κ3) is 4.14. The van der Waals surface area contributed by atoms with E-state index in [4.69, 9.17) is 4.74 Å². The molecule has 136 valence electrons. The quantitative estimate of drug-likeness (QED) is 0.613. The number of methoxy groups -OCH3 is 1. The summed E-state index contributed by atoms with van der Waals surface area (Å²) in [5, 5.41) is 3.72. The topological polar surface area (TPSA) is 54.4 Å². The molecule has 6 heteroatoms. The molecule has 2 aromatic carbocycles. The van der Waals surface area contributed by atoms with Gasteiger partial charge < -0.3 is 19.4 Å². The summed E-state index contributed by atoms with van der Waals surface area (Å²) in [5.74, 6) is 0.913. The fraction of sp³-hybridized carbons (Fsp3) is 0.300. The van der Waals surface area contributed by atoms with Gasteiger partial charge in [-0.05, 0) is 42.0 Å². The highest BCUT2D eigenvalue weighted by molar-refractivity contribution is 5.95. The molecule has 0 unspecified atom stereocenters. The molecule has 0 atom stereocenters. The Labute approximate surface area is 153 Å². The molecule has 2 aromatic rings. The van der Waals surface area contributed by atoms with E-state index in [0.29, 0.717) is 18.7 Å². The summed E-state index contributed by atoms with van der Waals surface area (Å²) in [7, 11) is 3.16. The minimum absolute atomic E-state index is 0.0645. The monoisotopic (exact) mass is 353 g/mol. The zero-order valence-electron chi connectivity index (χ0n) is 15.1. The minimum Gasteiger partial charge on any atom is -0.497 e. The fourth-order valence-electron chi connectivity index (χ4n) is 2.97. The van der Waals surface area contributed by atoms with Crippen LogP contribution in [0.1, 0.15) is 15.9 Å². The van der Waals surface area contributed by atoms with Gasteiger partial charge in [-0.25, -0.2) is 0 Å². The number of carbonyl (C=O) groups is 1. The molecule has 0 bridgehead atoms. The van der Waals surface area contributed by atoms with Gasteiger partial charge in [-0.2, -0.15) is 0 Å². The van der Waals surface area contributed by atoms with E-state index >= 15 is 0 Å². The molecule has 0 radical (unpaired) electrons. The van der Waals surface area contributed by atoms with Crippen LogP contribution >= 0.6 is 0 Å². The molecule has 1 saturated heterocycles. The Balaban J connectivity index is 1.58. The van der Waals surface area contributed by atoms with Crippen molar-refractivity contribution in [1.29, 1.82) is 0 Å². The average Bonchev–Trinajstić information content (AvgIpc) is 2.72. The molecule has 1 fully saturated rings. The number of oxime groups is 1. The van der Waals surface area contributed by atoms with Gasteiger partial charge in [0.05, 0.1) is 13.3 Å². The van der Waals surface area contributed by atoms with Gasteiger partial charge in [0.1, 0.15) is 12.9 Å². The van der Waals surface area contributed by atoms with Crippen molar-refractivity contribution in [2.75, 3.05) is 45.3 Å². The molecule has 3 rings (SSSR count). The summed E-state index contributed by atoms with van der Waals surface area (Å²) >= 11 is 0. The van der Waals surface area contributed by atoms with Crippen LogP contribution in [0, 0.1) is 0 Å². The number of ether oxygens (including phenoxy) is 1. The van der Waals surface area contributed by atoms with Crippen LogP contribution in [0.3, 0.4) is 0 Å². The van der Waals surface area contributed by atoms with E-state index in [2.05, 4.69) is 27.0 Å². The van der Waals surface area contributed by atoms with Crippen molar-refractivity contribution in [3.05, 3.63) is 59.7 Å². The summed E-state index contributed by atoms with van der Waals surface area (Å²) < 4.78 is 5.20. The lowest BCUT2D eigenvalue weighted by molar-refractivity contribution is 0.0747. The number of anilines is 1. The van der Waals surface area contributed by atoms with Crippen LogP contribution in [0.2, 0.25) is 0 Å². The number of carbonyl (C=O) groups excluding carboxylic acids is 1. The van der Waals surface area contributed by atoms with Crippen LogP contribution < -0.4 is 9.64 Å². The normalized spacial score (nSPS) is 14.5. The Morgan fingerprint density at radius 2 is 1.62 bits per heavy atom. The van der Waals surface area contributed by atoms with Crippen molar-refractivity contribution in [2.45, 2.75) is 0 Å². The van der Waals surface area contributed by atoms with Gasteiger partial charge in [-0.15, -0.1) is 0 Å². The average molecular weight is 353 g/mol. The van der Waals surface area contributed by atoms with E-state index in [-0.39, 0.29) is 5.91 Å². The second kappa shape index (κ2) is 8.38. The maximum absolute atomic E-state index is 12.7. The Bertz CT molecular complexity index is 749. The van der Waals surface area contributed by atoms with Gasteiger partial charge in [0.25, 0.3) is 5.91 Å². The zero-order chi connectivity index (χ0) is 18.4. The Hall–Kier alpha value is -3.02. The van der Waals surface area contributed by atoms with Crippen molar-refractivity contribution >= 4 is 17.8 Å². The van der Waals surface area contributed by atoms with Crippen molar-refractivity contribution in [3.8, 4) is 5.75 Å². The highest BCUT2D eigenvalue weighted by Crippen LogP contribution is 2.21. The van der Waals surface area contributed by atoms with E-state index in [0.717, 1.165) is 30.1 Å². The molecule has 6 nitrogen and oxygen atoms in total. The van der Waals surface area contributed by atoms with E-state index in [1.165, 1.54) is 7.11 Å². The third-order valence-electron chi connectivity index (χ3n) is 4.47. The first-order chi connectivity index (χ1) is 12.7. The predicted molar refractivity (Wildman–Crippen MR) is 102 cm³/mol. The molecular weight excluding hydrogens is 330 g/mol. The summed E-state index contributed by atoms with van der Waals surface area (Å²) in [6.45, 7) is 3.04. The summed E-state index contributed by atoms with van der Waals surface area (Å²) in [6.07, 6.45) is 1.61. The van der Waals surface area contributed by atoms with E-state index in [9.17, 15) is 4.79 Å². The van der Waals surface area contributed by atoms with Crippen molar-refractivity contribution in [3.63, 3.8) is 0 Å². The molecule has 0 spiro atoms. The Morgan fingerprint density at radius 3 is 2.19 bits per heavy atom. The highest BCUT2D eigenvalue weighted by Gasteiger charge is 2.22. The van der Waals surface area contributed by atoms with Crippen LogP contribution in [-0.4, -0.2) is 57.4 Å². The van der Waals surface area contributed by atoms with Crippen molar-refractivity contribution < 1.29 is 14.4 Å². The van der Waals surface area contributed by atoms with Crippen LogP contribution in [0.4, 0.5) is 5.69 Å². The predicted octanol–water partition coefficient (Wildman–Crippen LogP) is 2.64. The zero-order valence-corrected chi connectivity index (χ0v) is 15.1. The minimum atomic E-state index is 0.0645. The van der Waals surface area contributed by atoms with Crippen LogP contribution in [0.15, 0.2) is 53.7 Å². The number of rotatable bonds is 5. The molecule has 26 heavy (non-hydrogen) atoms. The number of hydrogen-bond acceptors (Lipinski definition) is 5. The van der Waals surface area contributed by atoms with Gasteiger partial charge in [-0.3, -0.25) is 4.79 Å². The molecule has 1 aliphatic rings. The first-order valence-corrected chi connectivity index (χ1v) is 8.56. The van der Waals surface area contributed by atoms with E-state index < -0.39 is 0 Å². The van der Waals surface area contributed by atoms with Crippen molar-refractivity contribution in [1.82, 2.24) is 4.90 Å². The standard InChI is InChI=1S/C20H23N3O3/c1-25-19-9-7-18(8-10-19)22-11-13-23(14-12-22)20(24)17-5-3-16(4-6-17)15-21-26-2/h3-10,15H,11-14H2,1-2H3/b21-15+. The fourth-order valence-corrected chi connectivity index (χ4v) is 2.97. The Morgan fingerprint density at radius 1 is 0.962 bits per heavy atom. The van der Waals surface area contributed by atoms with Crippen LogP contribution in [-0.2, 0) is 4.84 Å². The third-order valence-corrected chi connectivity index (χ3v) is 4.47.